The second-order valence-corrected chi connectivity index (χ2v) is 35.9. The molecule has 0 radical (unpaired) electrons. The van der Waals surface area contributed by atoms with Gasteiger partial charge in [-0.1, -0.05) is 144 Å². The number of benzene rings is 4. The molecule has 16 N–H and O–H groups in total. The highest BCUT2D eigenvalue weighted by Gasteiger charge is 2.51. The molecule has 8 saturated carbocycles. The Kier molecular flexibility index (Phi) is 20.8. The number of nitrogens with one attached hydrogen (secondary N) is 4. The summed E-state index contributed by atoms with van der Waals surface area (Å²) in [5.41, 5.74) is -2.64. The molecular formula is C96H124F4N24O16S4. The summed E-state index contributed by atoms with van der Waals surface area (Å²) in [4.78, 5) is 34.3. The van der Waals surface area contributed by atoms with Gasteiger partial charge in [0.2, 0.25) is 0 Å². The van der Waals surface area contributed by atoms with Crippen molar-refractivity contribution in [3.8, 4) is 0 Å². The first-order valence-electron chi connectivity index (χ1n) is 66.0. The summed E-state index contributed by atoms with van der Waals surface area (Å²) in [5, 5.41) is 167. The Morgan fingerprint density at radius 3 is 0.840 bits per heavy atom. The normalized spacial score (nSPS) is 45.5. The van der Waals surface area contributed by atoms with Crippen LogP contribution in [0.4, 0.5) is 40.8 Å². The molecule has 8 aromatic heterocycles. The van der Waals surface area contributed by atoms with Crippen molar-refractivity contribution in [3.63, 3.8) is 0 Å². The number of hydrogen-bond donors (Lipinski definition) is 16. The van der Waals surface area contributed by atoms with Gasteiger partial charge in [-0.25, -0.2) is 76.2 Å². The first-order valence-corrected chi connectivity index (χ1v) is 47.9. The quantitative estimate of drug-likeness (QED) is 0.00969. The average Bonchev–Trinajstić information content (AvgIpc) is 1.48. The van der Waals surface area contributed by atoms with Crippen LogP contribution in [0.3, 0.4) is 0 Å². The molecule has 12 aromatic rings. The van der Waals surface area contributed by atoms with Crippen LogP contribution in [-0.2, 0) is 18.9 Å². The van der Waals surface area contributed by atoms with Crippen LogP contribution < -0.4 is 21.3 Å². The predicted molar refractivity (Wildman–Crippen MR) is 530 cm³/mol. The molecule has 0 saturated heterocycles. The third-order valence-electron chi connectivity index (χ3n) is 21.4. The molecule has 0 amide bonds. The third-order valence-corrected chi connectivity index (χ3v) is 25.6. The predicted octanol–water partition coefficient (Wildman–Crippen LogP) is 8.73. The highest BCUT2D eigenvalue weighted by Crippen LogP contribution is 2.50. The van der Waals surface area contributed by atoms with E-state index in [4.69, 9.17) is 74.5 Å². The van der Waals surface area contributed by atoms with E-state index < -0.39 is 305 Å². The Labute approximate surface area is 905 Å². The van der Waals surface area contributed by atoms with Crippen molar-refractivity contribution in [2.24, 2.45) is 0 Å². The maximum Gasteiger partial charge on any atom is 0.191 e. The van der Waals surface area contributed by atoms with Gasteiger partial charge in [-0.15, -0.1) is 20.4 Å². The summed E-state index contributed by atoms with van der Waals surface area (Å²) in [6.45, 7) is -5.69. The van der Waals surface area contributed by atoms with Crippen molar-refractivity contribution in [2.75, 3.05) is 96.9 Å². The van der Waals surface area contributed by atoms with E-state index in [0.29, 0.717) is 58.9 Å². The Hall–Kier alpha value is -9.52. The van der Waals surface area contributed by atoms with Gasteiger partial charge in [0.25, 0.3) is 0 Å². The number of aromatic nitrogens is 20. The van der Waals surface area contributed by atoms with Crippen molar-refractivity contribution in [1.29, 1.82) is 0 Å². The second-order valence-electron chi connectivity index (χ2n) is 31.6. The summed E-state index contributed by atoms with van der Waals surface area (Å²) >= 11 is 4.21. The van der Waals surface area contributed by atoms with Crippen LogP contribution in [0, 0.1) is 51.0 Å². The second kappa shape index (κ2) is 47.3. The Balaban J connectivity index is 0.000000164. The van der Waals surface area contributed by atoms with Gasteiger partial charge in [-0.2, -0.15) is 0 Å². The smallest absolute Gasteiger partial charge is 0.191 e. The van der Waals surface area contributed by atoms with Crippen molar-refractivity contribution >= 4 is 115 Å². The number of aliphatic hydroxyl groups excluding tert-OH is 2. The van der Waals surface area contributed by atoms with E-state index in [0.717, 1.165) is 71.3 Å². The average molecular weight is 2120 g/mol. The molecule has 24 atom stereocenters. The summed E-state index contributed by atoms with van der Waals surface area (Å²) < 4.78 is 449. The van der Waals surface area contributed by atoms with Gasteiger partial charge in [0.05, 0.1) is 134 Å². The van der Waals surface area contributed by atoms with E-state index in [1.165, 1.54) is 76.2 Å². The molecule has 20 rings (SSSR count). The molecule has 0 aliphatic heterocycles. The zero-order chi connectivity index (χ0) is 142. The lowest BCUT2D eigenvalue weighted by molar-refractivity contribution is -0.0629. The van der Waals surface area contributed by atoms with Gasteiger partial charge in [-0.05, 0) is 148 Å². The summed E-state index contributed by atoms with van der Waals surface area (Å²) in [6, 6.07) is -4.79. The molecule has 0 bridgehead atoms. The number of aryl methyl sites for hydroxylation is 4. The first-order chi connectivity index (χ1) is 85.6. The van der Waals surface area contributed by atoms with E-state index in [2.05, 4.69) is 107 Å². The van der Waals surface area contributed by atoms with Gasteiger partial charge in [-0.3, -0.25) is 0 Å². The molecule has 8 fully saturated rings. The summed E-state index contributed by atoms with van der Waals surface area (Å²) in [5.74, 6) is -10.1. The molecule has 0 spiro atoms. The fourth-order valence-electron chi connectivity index (χ4n) is 13.9. The van der Waals surface area contributed by atoms with Crippen molar-refractivity contribution in [3.05, 3.63) is 141 Å². The van der Waals surface area contributed by atoms with E-state index in [9.17, 15) is 78.8 Å². The van der Waals surface area contributed by atoms with Gasteiger partial charge >= 0.3 is 0 Å². The minimum atomic E-state index is -4.31. The standard InChI is InChI=1S/4C24H31FN6O4S/c4*1-3-8-36-24-27-22(26-16-10-14(16)13-5-4-12(2)15(25)9-13)19-23(28-24)31(30-29-19)17-11-18(35-7-6-32)21(34)20(17)33/h4*4-5,9,14,16-18,20-21,32-34H,3,6-8,10-11H2,1-2H3,(H,26,27,28)/t4*14-,16+,17+,18-,20-,21+/m0000/s1/i6D2,7D2,10D2,11D2,14D,17D,18D,20D,21D;7D2,10D2,11D2,14D,17D,18D,20D,21D;6D2,10D2,11D2,14D,17D,18D,20D,21D;10D2,11D2,14D,17D,18D,20D,21D. The van der Waals surface area contributed by atoms with E-state index in [1.54, 1.807) is 0 Å². The number of halogens is 4. The molecular weight excluding hydrogens is 1950 g/mol. The monoisotopic (exact) mass is 2120 g/mol. The summed E-state index contributed by atoms with van der Waals surface area (Å²) in [7, 11) is 0. The van der Waals surface area contributed by atoms with Crippen LogP contribution >= 0.6 is 47.0 Å². The Morgan fingerprint density at radius 2 is 0.604 bits per heavy atom. The molecule has 8 aliphatic rings. The number of ether oxygens (including phenoxy) is 4. The number of anilines is 4. The zero-order valence-electron chi connectivity index (χ0n) is 121. The van der Waals surface area contributed by atoms with Gasteiger partial charge < -0.3 is 101 Å². The number of rotatable bonds is 40. The highest BCUT2D eigenvalue weighted by atomic mass is 32.2. The van der Waals surface area contributed by atoms with E-state index in [1.807, 2.05) is 27.7 Å². The molecule has 776 valence electrons. The lowest BCUT2D eigenvalue weighted by atomic mass is 10.1. The maximum absolute atomic E-state index is 14.4. The van der Waals surface area contributed by atoms with Crippen LogP contribution in [0.2, 0.25) is 0 Å². The van der Waals surface area contributed by atoms with E-state index >= 15 is 0 Å². The summed E-state index contributed by atoms with van der Waals surface area (Å²) in [6.07, 6.45) is -70.0. The minimum absolute atomic E-state index is 0.00944. The van der Waals surface area contributed by atoms with Gasteiger partial charge in [0.15, 0.2) is 88.6 Å². The zero-order valence-corrected chi connectivity index (χ0v) is 80.1. The third kappa shape index (κ3) is 23.8. The van der Waals surface area contributed by atoms with Crippen LogP contribution in [-0.4, -0.2) is 334 Å². The van der Waals surface area contributed by atoms with Crippen molar-refractivity contribution in [1.82, 2.24) is 99.8 Å². The number of fused-ring (bicyclic) bond motifs is 4. The number of aliphatic hydroxyl groups is 12. The fraction of sp³-hybridized carbons (Fsp3) is 0.583. The number of hydrogen-bond acceptors (Lipinski definition) is 40. The van der Waals surface area contributed by atoms with Crippen LogP contribution in [0.5, 0.6) is 0 Å². The lowest BCUT2D eigenvalue weighted by Crippen LogP contribution is -2.33. The van der Waals surface area contributed by atoms with Crippen LogP contribution in [0.25, 0.3) is 44.7 Å². The van der Waals surface area contributed by atoms with Crippen LogP contribution in [0.15, 0.2) is 93.4 Å². The fourth-order valence-corrected chi connectivity index (χ4v) is 16.6. The van der Waals surface area contributed by atoms with Crippen LogP contribution in [0.1, 0.15) is 257 Å². The minimum Gasteiger partial charge on any atom is -0.394 e. The molecule has 8 aliphatic carbocycles. The highest BCUT2D eigenvalue weighted by molar-refractivity contribution is 7.99. The molecule has 8 heterocycles. The van der Waals surface area contributed by atoms with Crippen molar-refractivity contribution in [2.45, 2.75) is 297 Å². The van der Waals surface area contributed by atoms with Gasteiger partial charge in [0, 0.05) is 124 Å². The first kappa shape index (κ1) is 63.3. The maximum atomic E-state index is 14.4. The molecule has 4 aromatic carbocycles. The van der Waals surface area contributed by atoms with Crippen molar-refractivity contribution < 1.29 is 158 Å². The topological polar surface area (TPSA) is 554 Å². The molecule has 0 unspecified atom stereocenters. The number of nitrogens with zero attached hydrogens (tertiary/aromatic N) is 20. The lowest BCUT2D eigenvalue weighted by Gasteiger charge is -2.17. The molecule has 48 heteroatoms. The number of thioether (sulfide) groups is 4. The molecule has 40 nitrogen and oxygen atoms in total. The van der Waals surface area contributed by atoms with E-state index in [-0.39, 0.29) is 108 Å². The van der Waals surface area contributed by atoms with Gasteiger partial charge in [0.1, 0.15) is 71.9 Å². The Bertz CT molecular complexity index is 8920. The molecule has 144 heavy (non-hydrogen) atoms. The largest absolute Gasteiger partial charge is 0.394 e. The SMILES string of the molecule is [2H]C([2H])(CO)O[C@@]1([2H])C([2H])([2H])[C@@]([2H])(n2nnc3c(N[C@@H]4C([2H])([2H])[C@@]4([2H])c4ccc(C)c(F)c4)nc(SCCC)nc32)[C@]([2H])(O)[C@]1([2H])O.[2H]C([2H])(O)C([2H])([2H])O[C@@]1([2H])C([2H])([2H])[C@@]([2H])(n2nnc3c(N[C@@H]4C([2H])([2H])[C@@]4([2H])c4ccc(C)c(F)c4)nc(SCCC)nc32)[C@]([2H])(O)[C@]1([2H])O.[2H]C([2H])(O)CO[C@@]1([2H])C([2H])([2H])[C@@]([2H])(n2nnc3c(N[C@@H]4C([2H])([2H])[C@@]4([2H])c4ccc(C)c(F)c4)nc(SCCC)nc32)[C@]([2H])(O)[C@]1([2H])O.[2H]C1([2H])[C@@H](Nc2nc(SCCC)nc3c2nnn3[C@]2([2H])C([2H])([2H])[C@]([2H])(OCCO)[C@@]([2H])(O)[C@@]2([2H])O)[C@]1([2H])c1ccc(C)c(F)c1. The Morgan fingerprint density at radius 1 is 0.347 bits per heavy atom.